The molecule has 0 saturated heterocycles. The van der Waals surface area contributed by atoms with Crippen LogP contribution in [0.5, 0.6) is 0 Å². The fourth-order valence-corrected chi connectivity index (χ4v) is 2.97. The number of carboxylic acid groups (broad SMARTS) is 1. The van der Waals surface area contributed by atoms with E-state index in [-0.39, 0.29) is 27.9 Å². The molecule has 0 spiro atoms. The molecule has 0 aliphatic rings. The predicted molar refractivity (Wildman–Crippen MR) is 97.1 cm³/mol. The third-order valence-electron chi connectivity index (χ3n) is 3.81. The standard InChI is InChI=1S/C18H14BrF2N3O3/c1-9(22-18(25)26)6-10-4-2-3-5-11(10)16-23-24-17(27-16)12-7-13(19)15(21)8-14(12)20/h2-5,7-9,22H,6H2,1H3,(H,25,26). The van der Waals surface area contributed by atoms with E-state index in [0.29, 0.717) is 12.0 Å². The number of benzene rings is 2. The number of hydrogen-bond acceptors (Lipinski definition) is 4. The highest BCUT2D eigenvalue weighted by atomic mass is 79.9. The summed E-state index contributed by atoms with van der Waals surface area (Å²) in [5, 5.41) is 19.0. The van der Waals surface area contributed by atoms with E-state index < -0.39 is 17.7 Å². The number of carbonyl (C=O) groups is 1. The zero-order valence-electron chi connectivity index (χ0n) is 14.0. The van der Waals surface area contributed by atoms with Crippen molar-refractivity contribution in [1.29, 1.82) is 0 Å². The van der Waals surface area contributed by atoms with Crippen LogP contribution >= 0.6 is 15.9 Å². The average Bonchev–Trinajstić information content (AvgIpc) is 3.07. The van der Waals surface area contributed by atoms with Gasteiger partial charge in [0.1, 0.15) is 11.6 Å². The van der Waals surface area contributed by atoms with Gasteiger partial charge in [-0.05, 0) is 47.0 Å². The lowest BCUT2D eigenvalue weighted by molar-refractivity contribution is 0.190. The van der Waals surface area contributed by atoms with Crippen molar-refractivity contribution in [2.75, 3.05) is 0 Å². The van der Waals surface area contributed by atoms with Gasteiger partial charge < -0.3 is 14.8 Å². The lowest BCUT2D eigenvalue weighted by Gasteiger charge is -2.13. The second-order valence-corrected chi connectivity index (χ2v) is 6.72. The quantitative estimate of drug-likeness (QED) is 0.567. The number of nitrogens with one attached hydrogen (secondary N) is 1. The molecule has 0 bridgehead atoms. The first-order valence-electron chi connectivity index (χ1n) is 7.91. The van der Waals surface area contributed by atoms with Gasteiger partial charge in [0.2, 0.25) is 5.89 Å². The van der Waals surface area contributed by atoms with Crippen molar-refractivity contribution in [1.82, 2.24) is 15.5 Å². The fraction of sp³-hybridized carbons (Fsp3) is 0.167. The first-order valence-corrected chi connectivity index (χ1v) is 8.70. The summed E-state index contributed by atoms with van der Waals surface area (Å²) < 4.78 is 33.1. The number of nitrogens with zero attached hydrogens (tertiary/aromatic N) is 2. The van der Waals surface area contributed by atoms with Crippen LogP contribution in [0.1, 0.15) is 12.5 Å². The molecule has 9 heteroatoms. The maximum absolute atomic E-state index is 14.0. The molecular weight excluding hydrogens is 424 g/mol. The first-order chi connectivity index (χ1) is 12.8. The molecule has 0 saturated carbocycles. The summed E-state index contributed by atoms with van der Waals surface area (Å²) in [7, 11) is 0. The number of rotatable bonds is 5. The van der Waals surface area contributed by atoms with Crippen LogP contribution in [0.15, 0.2) is 45.3 Å². The second-order valence-electron chi connectivity index (χ2n) is 5.87. The van der Waals surface area contributed by atoms with E-state index in [0.717, 1.165) is 11.6 Å². The molecule has 3 aromatic rings. The summed E-state index contributed by atoms with van der Waals surface area (Å²) in [4.78, 5) is 10.8. The van der Waals surface area contributed by atoms with Gasteiger partial charge in [-0.1, -0.05) is 18.2 Å². The molecule has 2 aromatic carbocycles. The van der Waals surface area contributed by atoms with Crippen molar-refractivity contribution in [2.24, 2.45) is 0 Å². The summed E-state index contributed by atoms with van der Waals surface area (Å²) >= 11 is 3.00. The van der Waals surface area contributed by atoms with Gasteiger partial charge in [-0.2, -0.15) is 0 Å². The van der Waals surface area contributed by atoms with E-state index >= 15 is 0 Å². The lowest BCUT2D eigenvalue weighted by Crippen LogP contribution is -2.32. The highest BCUT2D eigenvalue weighted by molar-refractivity contribution is 9.10. The van der Waals surface area contributed by atoms with Gasteiger partial charge in [0, 0.05) is 17.7 Å². The normalized spacial score (nSPS) is 12.0. The predicted octanol–water partition coefficient (Wildman–Crippen LogP) is 4.64. The largest absolute Gasteiger partial charge is 0.465 e. The van der Waals surface area contributed by atoms with Gasteiger partial charge in [-0.3, -0.25) is 0 Å². The number of aromatic nitrogens is 2. The first kappa shape index (κ1) is 19.0. The van der Waals surface area contributed by atoms with Crippen LogP contribution in [0.4, 0.5) is 13.6 Å². The summed E-state index contributed by atoms with van der Waals surface area (Å²) in [6, 6.07) is 8.76. The molecule has 3 rings (SSSR count). The average molecular weight is 438 g/mol. The lowest BCUT2D eigenvalue weighted by atomic mass is 10.0. The van der Waals surface area contributed by atoms with Gasteiger partial charge in [0.15, 0.2) is 0 Å². The van der Waals surface area contributed by atoms with Gasteiger partial charge in [-0.15, -0.1) is 10.2 Å². The van der Waals surface area contributed by atoms with Gasteiger partial charge in [-0.25, -0.2) is 13.6 Å². The molecular formula is C18H14BrF2N3O3. The van der Waals surface area contributed by atoms with E-state index in [1.807, 2.05) is 6.07 Å². The van der Waals surface area contributed by atoms with E-state index in [2.05, 4.69) is 31.4 Å². The molecule has 140 valence electrons. The zero-order chi connectivity index (χ0) is 19.6. The van der Waals surface area contributed by atoms with Crippen LogP contribution in [-0.2, 0) is 6.42 Å². The minimum absolute atomic E-state index is 0.0274. The summed E-state index contributed by atoms with van der Waals surface area (Å²) in [5.41, 5.74) is 1.37. The van der Waals surface area contributed by atoms with Gasteiger partial charge in [0.05, 0.1) is 10.0 Å². The highest BCUT2D eigenvalue weighted by Gasteiger charge is 2.19. The van der Waals surface area contributed by atoms with Crippen molar-refractivity contribution >= 4 is 22.0 Å². The van der Waals surface area contributed by atoms with Crippen molar-refractivity contribution in [3.8, 4) is 22.9 Å². The second kappa shape index (κ2) is 7.83. The minimum Gasteiger partial charge on any atom is -0.465 e. The fourth-order valence-electron chi connectivity index (χ4n) is 2.63. The van der Waals surface area contributed by atoms with Crippen LogP contribution < -0.4 is 5.32 Å². The Morgan fingerprint density at radius 1 is 1.19 bits per heavy atom. The third kappa shape index (κ3) is 4.30. The Kier molecular flexibility index (Phi) is 5.50. The molecule has 1 aromatic heterocycles. The minimum atomic E-state index is -1.11. The van der Waals surface area contributed by atoms with E-state index in [1.165, 1.54) is 6.07 Å². The van der Waals surface area contributed by atoms with E-state index in [4.69, 9.17) is 9.52 Å². The van der Waals surface area contributed by atoms with Crippen LogP contribution in [0.25, 0.3) is 22.9 Å². The van der Waals surface area contributed by atoms with Crippen LogP contribution in [0, 0.1) is 11.6 Å². The van der Waals surface area contributed by atoms with Crippen LogP contribution in [-0.4, -0.2) is 27.4 Å². The van der Waals surface area contributed by atoms with Crippen molar-refractivity contribution in [3.63, 3.8) is 0 Å². The summed E-state index contributed by atoms with van der Waals surface area (Å²) in [6.07, 6.45) is -0.714. The Balaban J connectivity index is 1.94. The highest BCUT2D eigenvalue weighted by Crippen LogP contribution is 2.31. The van der Waals surface area contributed by atoms with Crippen LogP contribution in [0.2, 0.25) is 0 Å². The van der Waals surface area contributed by atoms with E-state index in [1.54, 1.807) is 25.1 Å². The molecule has 1 unspecified atom stereocenters. The Hall–Kier alpha value is -2.81. The molecule has 0 aliphatic heterocycles. The zero-order valence-corrected chi connectivity index (χ0v) is 15.6. The molecule has 1 heterocycles. The van der Waals surface area contributed by atoms with Crippen molar-refractivity contribution < 1.29 is 23.1 Å². The molecule has 2 N–H and O–H groups in total. The molecule has 27 heavy (non-hydrogen) atoms. The van der Waals surface area contributed by atoms with Crippen molar-refractivity contribution in [3.05, 3.63) is 58.1 Å². The molecule has 0 fully saturated rings. The molecule has 1 amide bonds. The SMILES string of the molecule is CC(Cc1ccccc1-c1nnc(-c2cc(Br)c(F)cc2F)o1)NC(=O)O. The Labute approximate surface area is 161 Å². The van der Waals surface area contributed by atoms with Crippen molar-refractivity contribution in [2.45, 2.75) is 19.4 Å². The van der Waals surface area contributed by atoms with E-state index in [9.17, 15) is 13.6 Å². The van der Waals surface area contributed by atoms with Gasteiger partial charge in [0.25, 0.3) is 5.89 Å². The smallest absolute Gasteiger partial charge is 0.404 e. The number of halogens is 3. The summed E-state index contributed by atoms with van der Waals surface area (Å²) in [5.74, 6) is -1.49. The maximum Gasteiger partial charge on any atom is 0.404 e. The Morgan fingerprint density at radius 3 is 2.56 bits per heavy atom. The monoisotopic (exact) mass is 437 g/mol. The molecule has 0 aliphatic carbocycles. The molecule has 6 nitrogen and oxygen atoms in total. The summed E-state index contributed by atoms with van der Waals surface area (Å²) in [6.45, 7) is 1.73. The topological polar surface area (TPSA) is 88.3 Å². The Bertz CT molecular complexity index is 994. The number of hydrogen-bond donors (Lipinski definition) is 2. The van der Waals surface area contributed by atoms with Gasteiger partial charge >= 0.3 is 6.09 Å². The maximum atomic E-state index is 14.0. The van der Waals surface area contributed by atoms with Crippen LogP contribution in [0.3, 0.4) is 0 Å². The molecule has 0 radical (unpaired) electrons. The molecule has 1 atom stereocenters. The number of amides is 1. The third-order valence-corrected chi connectivity index (χ3v) is 4.42. The Morgan fingerprint density at radius 2 is 1.85 bits per heavy atom.